The van der Waals surface area contributed by atoms with Gasteiger partial charge in [-0.3, -0.25) is 4.68 Å². The van der Waals surface area contributed by atoms with E-state index < -0.39 is 18.6 Å². The third-order valence-corrected chi connectivity index (χ3v) is 3.30. The Kier molecular flexibility index (Phi) is 4.84. The van der Waals surface area contributed by atoms with Gasteiger partial charge < -0.3 is 5.32 Å². The zero-order valence-electron chi connectivity index (χ0n) is 11.2. The maximum atomic E-state index is 12.7. The number of benzene rings is 1. The molecule has 4 nitrogen and oxygen atoms in total. The first kappa shape index (κ1) is 15.8. The molecule has 2 rings (SSSR count). The molecule has 1 unspecified atom stereocenters. The molecule has 8 heteroatoms. The molecule has 0 amide bonds. The van der Waals surface area contributed by atoms with Crippen molar-refractivity contribution in [2.75, 3.05) is 0 Å². The molecular formula is C13H14ClF3N4. The minimum absolute atomic E-state index is 0.243. The number of rotatable bonds is 5. The summed E-state index contributed by atoms with van der Waals surface area (Å²) in [6.45, 7) is 0.243. The van der Waals surface area contributed by atoms with Crippen LogP contribution in [0.15, 0.2) is 30.5 Å². The van der Waals surface area contributed by atoms with Gasteiger partial charge in [-0.1, -0.05) is 28.9 Å². The lowest BCUT2D eigenvalue weighted by Gasteiger charge is -2.20. The van der Waals surface area contributed by atoms with Gasteiger partial charge in [0.25, 0.3) is 0 Å². The first-order chi connectivity index (χ1) is 9.85. The molecule has 1 N–H and O–H groups in total. The van der Waals surface area contributed by atoms with Gasteiger partial charge in [0.1, 0.15) is 0 Å². The summed E-state index contributed by atoms with van der Waals surface area (Å²) in [5, 5.41) is 10.8. The van der Waals surface area contributed by atoms with E-state index in [-0.39, 0.29) is 6.54 Å². The van der Waals surface area contributed by atoms with Gasteiger partial charge in [-0.05, 0) is 17.7 Å². The molecule has 0 spiro atoms. The van der Waals surface area contributed by atoms with Crippen molar-refractivity contribution in [2.45, 2.75) is 25.2 Å². The van der Waals surface area contributed by atoms with Gasteiger partial charge in [-0.15, -0.1) is 5.10 Å². The Bertz CT molecular complexity index is 580. The molecule has 1 aromatic heterocycles. The zero-order chi connectivity index (χ0) is 15.5. The lowest BCUT2D eigenvalue weighted by molar-refractivity contribution is -0.140. The third kappa shape index (κ3) is 4.71. The van der Waals surface area contributed by atoms with Crippen LogP contribution in [0.25, 0.3) is 0 Å². The van der Waals surface area contributed by atoms with Crippen LogP contribution in [0, 0.1) is 0 Å². The van der Waals surface area contributed by atoms with Crippen molar-refractivity contribution in [3.8, 4) is 0 Å². The molecule has 1 heterocycles. The molecular weight excluding hydrogens is 305 g/mol. The van der Waals surface area contributed by atoms with Crippen molar-refractivity contribution in [1.29, 1.82) is 0 Å². The van der Waals surface area contributed by atoms with Crippen molar-refractivity contribution < 1.29 is 13.2 Å². The largest absolute Gasteiger partial charge is 0.390 e. The highest BCUT2D eigenvalue weighted by molar-refractivity contribution is 6.30. The van der Waals surface area contributed by atoms with E-state index in [0.717, 1.165) is 0 Å². The quantitative estimate of drug-likeness (QED) is 0.920. The fourth-order valence-corrected chi connectivity index (χ4v) is 2.06. The van der Waals surface area contributed by atoms with E-state index in [0.29, 0.717) is 16.3 Å². The van der Waals surface area contributed by atoms with Crippen LogP contribution in [0.5, 0.6) is 0 Å². The van der Waals surface area contributed by atoms with Crippen LogP contribution in [0.3, 0.4) is 0 Å². The Labute approximate surface area is 124 Å². The number of nitrogens with one attached hydrogen (secondary N) is 1. The molecule has 1 aromatic carbocycles. The summed E-state index contributed by atoms with van der Waals surface area (Å²) in [4.78, 5) is 0. The minimum atomic E-state index is -4.26. The molecule has 0 bridgehead atoms. The summed E-state index contributed by atoms with van der Waals surface area (Å²) in [7, 11) is 1.69. The van der Waals surface area contributed by atoms with Crippen molar-refractivity contribution in [1.82, 2.24) is 20.3 Å². The van der Waals surface area contributed by atoms with E-state index in [4.69, 9.17) is 11.6 Å². The molecule has 0 aliphatic rings. The Balaban J connectivity index is 2.12. The molecule has 1 atom stereocenters. The first-order valence-electron chi connectivity index (χ1n) is 6.24. The van der Waals surface area contributed by atoms with E-state index in [1.54, 1.807) is 31.3 Å². The van der Waals surface area contributed by atoms with Gasteiger partial charge in [-0.25, -0.2) is 0 Å². The lowest BCUT2D eigenvalue weighted by atomic mass is 10.0. The normalized spacial score (nSPS) is 13.4. The predicted octanol–water partition coefficient (Wildman–Crippen LogP) is 3.25. The monoisotopic (exact) mass is 318 g/mol. The summed E-state index contributed by atoms with van der Waals surface area (Å²) in [6, 6.07) is 5.49. The van der Waals surface area contributed by atoms with Crippen molar-refractivity contribution in [3.63, 3.8) is 0 Å². The molecule has 0 radical (unpaired) electrons. The maximum Gasteiger partial charge on any atom is 0.390 e. The molecule has 2 aromatic rings. The van der Waals surface area contributed by atoms with Gasteiger partial charge in [0.2, 0.25) is 0 Å². The molecule has 0 saturated heterocycles. The van der Waals surface area contributed by atoms with Gasteiger partial charge in [-0.2, -0.15) is 13.2 Å². The van der Waals surface area contributed by atoms with E-state index in [2.05, 4.69) is 15.6 Å². The summed E-state index contributed by atoms with van der Waals surface area (Å²) in [6.07, 6.45) is -3.71. The number of halogens is 4. The first-order valence-corrected chi connectivity index (χ1v) is 6.62. The second-order valence-corrected chi connectivity index (χ2v) is 5.09. The Morgan fingerprint density at radius 3 is 2.48 bits per heavy atom. The van der Waals surface area contributed by atoms with Gasteiger partial charge in [0, 0.05) is 24.7 Å². The number of aromatic nitrogens is 3. The Morgan fingerprint density at radius 1 is 1.29 bits per heavy atom. The number of nitrogens with zero attached hydrogens (tertiary/aromatic N) is 3. The fraction of sp³-hybridized carbons (Fsp3) is 0.385. The van der Waals surface area contributed by atoms with Crippen LogP contribution in [-0.2, 0) is 13.6 Å². The highest BCUT2D eigenvalue weighted by atomic mass is 35.5. The maximum absolute atomic E-state index is 12.7. The summed E-state index contributed by atoms with van der Waals surface area (Å²) >= 11 is 5.77. The average molecular weight is 319 g/mol. The van der Waals surface area contributed by atoms with Crippen LogP contribution < -0.4 is 5.32 Å². The van der Waals surface area contributed by atoms with Gasteiger partial charge >= 0.3 is 6.18 Å². The van der Waals surface area contributed by atoms with Crippen LogP contribution in [-0.4, -0.2) is 21.2 Å². The number of alkyl halides is 3. The molecule has 0 aliphatic heterocycles. The van der Waals surface area contributed by atoms with Crippen LogP contribution in [0.4, 0.5) is 13.2 Å². The second-order valence-electron chi connectivity index (χ2n) is 4.65. The standard InChI is InChI=1S/C13H14ClF3N4/c1-21-11(8-19-20-21)7-18-12(6-13(15,16)17)9-2-4-10(14)5-3-9/h2-5,8,12,18H,6-7H2,1H3. The summed E-state index contributed by atoms with van der Waals surface area (Å²) in [5.41, 5.74) is 1.24. The highest BCUT2D eigenvalue weighted by Crippen LogP contribution is 2.30. The smallest absolute Gasteiger partial charge is 0.304 e. The second kappa shape index (κ2) is 6.44. The summed E-state index contributed by atoms with van der Waals surface area (Å²) < 4.78 is 39.7. The molecule has 0 saturated carbocycles. The van der Waals surface area contributed by atoms with E-state index in [9.17, 15) is 13.2 Å². The molecule has 0 fully saturated rings. The Morgan fingerprint density at radius 2 is 1.95 bits per heavy atom. The van der Waals surface area contributed by atoms with E-state index in [1.807, 2.05) is 0 Å². The SMILES string of the molecule is Cn1nncc1CNC(CC(F)(F)F)c1ccc(Cl)cc1. The number of aryl methyl sites for hydroxylation is 1. The minimum Gasteiger partial charge on any atom is -0.304 e. The molecule has 21 heavy (non-hydrogen) atoms. The fourth-order valence-electron chi connectivity index (χ4n) is 1.93. The zero-order valence-corrected chi connectivity index (χ0v) is 12.0. The van der Waals surface area contributed by atoms with Gasteiger partial charge in [0.05, 0.1) is 18.3 Å². The molecule has 0 aliphatic carbocycles. The van der Waals surface area contributed by atoms with E-state index in [1.165, 1.54) is 10.9 Å². The third-order valence-electron chi connectivity index (χ3n) is 3.05. The van der Waals surface area contributed by atoms with Crippen molar-refractivity contribution in [2.24, 2.45) is 7.05 Å². The van der Waals surface area contributed by atoms with Crippen LogP contribution in [0.2, 0.25) is 5.02 Å². The van der Waals surface area contributed by atoms with Crippen LogP contribution in [0.1, 0.15) is 23.7 Å². The van der Waals surface area contributed by atoms with Crippen molar-refractivity contribution >= 4 is 11.6 Å². The highest BCUT2D eigenvalue weighted by Gasteiger charge is 2.32. The van der Waals surface area contributed by atoms with Crippen molar-refractivity contribution in [3.05, 3.63) is 46.7 Å². The average Bonchev–Trinajstić information content (AvgIpc) is 2.80. The van der Waals surface area contributed by atoms with Crippen LogP contribution >= 0.6 is 11.6 Å². The molecule has 114 valence electrons. The van der Waals surface area contributed by atoms with E-state index >= 15 is 0 Å². The topological polar surface area (TPSA) is 42.7 Å². The Hall–Kier alpha value is -1.60. The lowest BCUT2D eigenvalue weighted by Crippen LogP contribution is -2.27. The predicted molar refractivity (Wildman–Crippen MR) is 72.7 cm³/mol. The summed E-state index contributed by atoms with van der Waals surface area (Å²) in [5.74, 6) is 0. The number of hydrogen-bond donors (Lipinski definition) is 1. The van der Waals surface area contributed by atoms with Gasteiger partial charge in [0.15, 0.2) is 0 Å². The number of hydrogen-bond acceptors (Lipinski definition) is 3.